The van der Waals surface area contributed by atoms with Gasteiger partial charge in [0.2, 0.25) is 0 Å². The van der Waals surface area contributed by atoms with Crippen LogP contribution >= 0.6 is 11.3 Å². The molecule has 3 N–H and O–H groups in total. The van der Waals surface area contributed by atoms with Gasteiger partial charge in [-0.15, -0.1) is 11.3 Å². The van der Waals surface area contributed by atoms with E-state index in [1.54, 1.807) is 37.3 Å². The number of rotatable bonds is 6. The topological polar surface area (TPSA) is 110 Å². The highest BCUT2D eigenvalue weighted by atomic mass is 32.2. The number of benzene rings is 2. The van der Waals surface area contributed by atoms with Crippen LogP contribution in [-0.4, -0.2) is 27.3 Å². The van der Waals surface area contributed by atoms with Crippen molar-refractivity contribution < 1.29 is 18.0 Å². The van der Waals surface area contributed by atoms with E-state index >= 15 is 0 Å². The van der Waals surface area contributed by atoms with Gasteiger partial charge in [0.15, 0.2) is 0 Å². The van der Waals surface area contributed by atoms with Crippen molar-refractivity contribution in [2.24, 2.45) is 5.73 Å². The number of amides is 2. The average molecular weight is 444 g/mol. The number of hydrogen-bond donors (Lipinski definition) is 2. The Labute approximate surface area is 179 Å². The van der Waals surface area contributed by atoms with E-state index in [0.29, 0.717) is 10.7 Å². The fraction of sp³-hybridized carbons (Fsp3) is 0.143. The molecule has 0 unspecified atom stereocenters. The summed E-state index contributed by atoms with van der Waals surface area (Å²) in [6, 6.07) is 14.3. The Hall–Kier alpha value is -3.17. The number of anilines is 2. The molecule has 1 heterocycles. The van der Waals surface area contributed by atoms with Crippen LogP contribution in [0.4, 0.5) is 10.7 Å². The van der Waals surface area contributed by atoms with Gasteiger partial charge in [0.05, 0.1) is 16.1 Å². The van der Waals surface area contributed by atoms with E-state index in [9.17, 15) is 18.0 Å². The summed E-state index contributed by atoms with van der Waals surface area (Å²) in [6.45, 7) is 3.61. The van der Waals surface area contributed by atoms with Crippen LogP contribution < -0.4 is 15.4 Å². The Morgan fingerprint density at radius 1 is 1.00 bits per heavy atom. The molecule has 0 bridgehead atoms. The first kappa shape index (κ1) is 21.5. The fourth-order valence-corrected chi connectivity index (χ4v) is 5.16. The van der Waals surface area contributed by atoms with Gasteiger partial charge in [-0.05, 0) is 55.8 Å². The summed E-state index contributed by atoms with van der Waals surface area (Å²) >= 11 is 1.27. The lowest BCUT2D eigenvalue weighted by Crippen LogP contribution is -2.26. The van der Waals surface area contributed by atoms with Gasteiger partial charge in [-0.1, -0.05) is 18.2 Å². The van der Waals surface area contributed by atoms with Crippen LogP contribution in [0, 0.1) is 13.8 Å². The first-order valence-electron chi connectivity index (χ1n) is 8.98. The molecule has 30 heavy (non-hydrogen) atoms. The molecule has 1 aromatic heterocycles. The second-order valence-corrected chi connectivity index (χ2v) is 9.83. The van der Waals surface area contributed by atoms with E-state index in [1.165, 1.54) is 47.0 Å². The predicted octanol–water partition coefficient (Wildman–Crippen LogP) is 3.54. The van der Waals surface area contributed by atoms with E-state index in [2.05, 4.69) is 5.32 Å². The second-order valence-electron chi connectivity index (χ2n) is 6.64. The van der Waals surface area contributed by atoms with Crippen LogP contribution in [0.1, 0.15) is 31.2 Å². The van der Waals surface area contributed by atoms with Gasteiger partial charge in [0.1, 0.15) is 5.00 Å². The number of para-hydroxylation sites is 1. The van der Waals surface area contributed by atoms with E-state index in [4.69, 9.17) is 5.73 Å². The summed E-state index contributed by atoms with van der Waals surface area (Å²) in [4.78, 5) is 25.3. The summed E-state index contributed by atoms with van der Waals surface area (Å²) in [5.74, 6) is -1.07. The van der Waals surface area contributed by atoms with Crippen molar-refractivity contribution in [3.8, 4) is 0 Å². The molecule has 0 aliphatic rings. The minimum atomic E-state index is -3.77. The van der Waals surface area contributed by atoms with E-state index in [-0.39, 0.29) is 16.0 Å². The Kier molecular flexibility index (Phi) is 5.95. The normalized spacial score (nSPS) is 11.2. The van der Waals surface area contributed by atoms with Crippen molar-refractivity contribution in [1.82, 2.24) is 0 Å². The molecule has 0 saturated carbocycles. The summed E-state index contributed by atoms with van der Waals surface area (Å²) in [7, 11) is -2.30. The first-order valence-corrected chi connectivity index (χ1v) is 11.2. The molecule has 156 valence electrons. The van der Waals surface area contributed by atoms with Gasteiger partial charge in [0.25, 0.3) is 21.8 Å². The Morgan fingerprint density at radius 3 is 2.17 bits per heavy atom. The number of nitrogens with two attached hydrogens (primary N) is 1. The molecule has 7 nitrogen and oxygen atoms in total. The second kappa shape index (κ2) is 8.29. The molecule has 0 saturated heterocycles. The van der Waals surface area contributed by atoms with Crippen LogP contribution in [0.15, 0.2) is 59.5 Å². The van der Waals surface area contributed by atoms with Gasteiger partial charge >= 0.3 is 0 Å². The Morgan fingerprint density at radius 2 is 1.60 bits per heavy atom. The smallest absolute Gasteiger partial charge is 0.264 e. The Balaban J connectivity index is 1.83. The summed E-state index contributed by atoms with van der Waals surface area (Å²) < 4.78 is 26.9. The lowest BCUT2D eigenvalue weighted by molar-refractivity contribution is 0.100. The van der Waals surface area contributed by atoms with Crippen LogP contribution in [0.3, 0.4) is 0 Å². The van der Waals surface area contributed by atoms with E-state index < -0.39 is 21.8 Å². The average Bonchev–Trinajstić information content (AvgIpc) is 3.01. The number of nitrogens with one attached hydrogen (secondary N) is 1. The number of carbonyl (C=O) groups excluding carboxylic acids is 2. The molecule has 3 aromatic rings. The van der Waals surface area contributed by atoms with E-state index in [0.717, 1.165) is 10.4 Å². The molecular formula is C21H21N3O4S2. The van der Waals surface area contributed by atoms with Crippen molar-refractivity contribution in [3.05, 3.63) is 76.2 Å². The zero-order valence-corrected chi connectivity index (χ0v) is 18.3. The number of sulfonamides is 1. The van der Waals surface area contributed by atoms with Crippen LogP contribution in [0.5, 0.6) is 0 Å². The number of carbonyl (C=O) groups is 2. The summed E-state index contributed by atoms with van der Waals surface area (Å²) in [5.41, 5.74) is 7.24. The highest BCUT2D eigenvalue weighted by molar-refractivity contribution is 7.92. The van der Waals surface area contributed by atoms with Gasteiger partial charge < -0.3 is 11.1 Å². The van der Waals surface area contributed by atoms with Gasteiger partial charge in [-0.25, -0.2) is 8.42 Å². The van der Waals surface area contributed by atoms with E-state index in [1.807, 2.05) is 6.92 Å². The molecule has 0 fully saturated rings. The number of aryl methyl sites for hydroxylation is 1. The molecule has 0 aliphatic heterocycles. The minimum absolute atomic E-state index is 0.0611. The van der Waals surface area contributed by atoms with Crippen molar-refractivity contribution >= 4 is 43.9 Å². The lowest BCUT2D eigenvalue weighted by atomic mass is 10.1. The molecule has 3 rings (SSSR count). The predicted molar refractivity (Wildman–Crippen MR) is 119 cm³/mol. The molecule has 0 radical (unpaired) electrons. The van der Waals surface area contributed by atoms with Gasteiger partial charge in [-0.3, -0.25) is 13.9 Å². The standard InChI is InChI=1S/C21H21N3O4S2/c1-13-14(2)29-21(18(13)19(22)25)23-20(26)15-9-11-17(12-10-15)30(27,28)24(3)16-7-5-4-6-8-16/h4-12H,1-3H3,(H2,22,25)(H,23,26). The minimum Gasteiger partial charge on any atom is -0.365 e. The fourth-order valence-electron chi connectivity index (χ4n) is 2.90. The monoisotopic (exact) mass is 443 g/mol. The maximum Gasteiger partial charge on any atom is 0.264 e. The lowest BCUT2D eigenvalue weighted by Gasteiger charge is -2.19. The number of primary amides is 1. The molecule has 2 amide bonds. The number of hydrogen-bond acceptors (Lipinski definition) is 5. The van der Waals surface area contributed by atoms with Crippen molar-refractivity contribution in [3.63, 3.8) is 0 Å². The first-order chi connectivity index (χ1) is 14.1. The van der Waals surface area contributed by atoms with Gasteiger partial charge in [-0.2, -0.15) is 0 Å². The summed E-state index contributed by atoms with van der Waals surface area (Å²) in [6.07, 6.45) is 0. The van der Waals surface area contributed by atoms with Crippen LogP contribution in [0.25, 0.3) is 0 Å². The molecule has 9 heteroatoms. The zero-order chi connectivity index (χ0) is 22.1. The highest BCUT2D eigenvalue weighted by Gasteiger charge is 2.23. The molecule has 0 atom stereocenters. The third kappa shape index (κ3) is 4.07. The highest BCUT2D eigenvalue weighted by Crippen LogP contribution is 2.32. The maximum absolute atomic E-state index is 12.8. The third-order valence-corrected chi connectivity index (χ3v) is 7.68. The quantitative estimate of drug-likeness (QED) is 0.607. The zero-order valence-electron chi connectivity index (χ0n) is 16.7. The third-order valence-electron chi connectivity index (χ3n) is 4.75. The van der Waals surface area contributed by atoms with Crippen molar-refractivity contribution in [1.29, 1.82) is 0 Å². The number of thiophene rings is 1. The summed E-state index contributed by atoms with van der Waals surface area (Å²) in [5, 5.41) is 3.07. The molecular weight excluding hydrogens is 422 g/mol. The van der Waals surface area contributed by atoms with Crippen LogP contribution in [-0.2, 0) is 10.0 Å². The van der Waals surface area contributed by atoms with Crippen LogP contribution in [0.2, 0.25) is 0 Å². The number of nitrogens with zero attached hydrogens (tertiary/aromatic N) is 1. The van der Waals surface area contributed by atoms with Crippen molar-refractivity contribution in [2.75, 3.05) is 16.7 Å². The molecule has 2 aromatic carbocycles. The Bertz CT molecular complexity index is 1200. The molecule has 0 aliphatic carbocycles. The van der Waals surface area contributed by atoms with Crippen molar-refractivity contribution in [2.45, 2.75) is 18.7 Å². The SMILES string of the molecule is Cc1sc(NC(=O)c2ccc(S(=O)(=O)N(C)c3ccccc3)cc2)c(C(N)=O)c1C. The van der Waals surface area contributed by atoms with Gasteiger partial charge in [0, 0.05) is 17.5 Å². The maximum atomic E-state index is 12.8. The largest absolute Gasteiger partial charge is 0.365 e. The molecule has 0 spiro atoms.